The first-order valence-corrected chi connectivity index (χ1v) is 8.66. The van der Waals surface area contributed by atoms with Crippen molar-refractivity contribution in [1.29, 1.82) is 0 Å². The summed E-state index contributed by atoms with van der Waals surface area (Å²) in [6, 6.07) is 2.83. The van der Waals surface area contributed by atoms with Crippen molar-refractivity contribution in [3.05, 3.63) is 17.5 Å². The van der Waals surface area contributed by atoms with Crippen LogP contribution in [0.5, 0.6) is 0 Å². The molecule has 3 rings (SSSR count). The van der Waals surface area contributed by atoms with Gasteiger partial charge in [-0.3, -0.25) is 9.67 Å². The van der Waals surface area contributed by atoms with E-state index in [1.807, 2.05) is 18.7 Å². The lowest BCUT2D eigenvalue weighted by Gasteiger charge is -2.28. The van der Waals surface area contributed by atoms with Crippen LogP contribution in [0.15, 0.2) is 11.1 Å². The molecular formula is C15H24N4S. The van der Waals surface area contributed by atoms with Crippen molar-refractivity contribution in [2.45, 2.75) is 52.1 Å². The Morgan fingerprint density at radius 3 is 3.15 bits per heavy atom. The Bertz CT molecular complexity index is 494. The molecule has 2 aliphatic rings. The Kier molecular flexibility index (Phi) is 4.34. The van der Waals surface area contributed by atoms with Crippen LogP contribution in [0.1, 0.15) is 37.1 Å². The van der Waals surface area contributed by atoms with Crippen LogP contribution in [0.3, 0.4) is 0 Å². The number of fused-ring (bicyclic) bond motifs is 1. The minimum atomic E-state index is 0.700. The lowest BCUT2D eigenvalue weighted by Crippen LogP contribution is -2.41. The predicted octanol–water partition coefficient (Wildman–Crippen LogP) is 2.75. The lowest BCUT2D eigenvalue weighted by atomic mass is 10.1. The van der Waals surface area contributed by atoms with Crippen LogP contribution in [-0.4, -0.2) is 33.3 Å². The van der Waals surface area contributed by atoms with E-state index < -0.39 is 0 Å². The van der Waals surface area contributed by atoms with Crippen molar-refractivity contribution in [1.82, 2.24) is 15.1 Å². The number of aromatic nitrogens is 2. The number of hydrogen-bond acceptors (Lipinski definition) is 3. The number of aryl methyl sites for hydroxylation is 3. The average Bonchev–Trinajstić information content (AvgIpc) is 3.00. The van der Waals surface area contributed by atoms with Gasteiger partial charge in [-0.15, -0.1) is 0 Å². The Hall–Kier alpha value is -0.970. The molecule has 0 aromatic carbocycles. The summed E-state index contributed by atoms with van der Waals surface area (Å²) in [4.78, 5) is 4.72. The molecule has 2 fully saturated rings. The zero-order valence-electron chi connectivity index (χ0n) is 12.4. The molecule has 0 radical (unpaired) electrons. The summed E-state index contributed by atoms with van der Waals surface area (Å²) >= 11 is 1.91. The van der Waals surface area contributed by atoms with Gasteiger partial charge in [-0.25, -0.2) is 0 Å². The molecule has 1 N–H and O–H groups in total. The summed E-state index contributed by atoms with van der Waals surface area (Å²) in [5.74, 6) is 2.14. The maximum atomic E-state index is 4.72. The topological polar surface area (TPSA) is 42.2 Å². The van der Waals surface area contributed by atoms with Gasteiger partial charge < -0.3 is 5.32 Å². The summed E-state index contributed by atoms with van der Waals surface area (Å²) < 4.78 is 2.09. The van der Waals surface area contributed by atoms with Gasteiger partial charge in [0, 0.05) is 30.6 Å². The highest BCUT2D eigenvalue weighted by atomic mass is 32.2. The van der Waals surface area contributed by atoms with Crippen molar-refractivity contribution in [3.63, 3.8) is 0 Å². The molecule has 1 saturated carbocycles. The van der Waals surface area contributed by atoms with Gasteiger partial charge in [-0.05, 0) is 45.1 Å². The molecule has 1 aliphatic heterocycles. The van der Waals surface area contributed by atoms with Crippen molar-refractivity contribution < 1.29 is 0 Å². The number of nitrogens with one attached hydrogen (secondary N) is 1. The second-order valence-corrected chi connectivity index (χ2v) is 6.95. The third kappa shape index (κ3) is 3.19. The van der Waals surface area contributed by atoms with Crippen LogP contribution in [0, 0.1) is 19.8 Å². The van der Waals surface area contributed by atoms with E-state index in [0.29, 0.717) is 6.04 Å². The Balaban J connectivity index is 1.45. The second-order valence-electron chi connectivity index (χ2n) is 5.94. The molecule has 2 heterocycles. The Labute approximate surface area is 125 Å². The minimum Gasteiger partial charge on any atom is -0.362 e. The number of thioether (sulfide) groups is 1. The van der Waals surface area contributed by atoms with Crippen molar-refractivity contribution in [2.75, 3.05) is 12.3 Å². The van der Waals surface area contributed by atoms with Crippen LogP contribution in [0.25, 0.3) is 0 Å². The van der Waals surface area contributed by atoms with Crippen molar-refractivity contribution in [3.8, 4) is 0 Å². The standard InChI is InChI=1S/C15H24N4S/c1-11-9-12(2)19(18-11)8-4-7-16-15-17-14-6-3-5-13(14)10-20-15/h9,13-14H,3-8,10H2,1-2H3,(H,16,17). The fourth-order valence-electron chi connectivity index (χ4n) is 3.21. The van der Waals surface area contributed by atoms with Gasteiger partial charge in [-0.2, -0.15) is 5.10 Å². The van der Waals surface area contributed by atoms with Crippen LogP contribution in [0.4, 0.5) is 0 Å². The van der Waals surface area contributed by atoms with Crippen molar-refractivity contribution in [2.24, 2.45) is 10.9 Å². The molecule has 0 amide bonds. The highest BCUT2D eigenvalue weighted by Gasteiger charge is 2.31. The Morgan fingerprint density at radius 2 is 2.35 bits per heavy atom. The molecule has 5 heteroatoms. The third-order valence-corrected chi connectivity index (χ3v) is 5.40. The average molecular weight is 292 g/mol. The van der Waals surface area contributed by atoms with E-state index in [0.717, 1.165) is 31.1 Å². The van der Waals surface area contributed by atoms with E-state index in [9.17, 15) is 0 Å². The van der Waals surface area contributed by atoms with Gasteiger partial charge in [0.1, 0.15) is 0 Å². The molecule has 20 heavy (non-hydrogen) atoms. The molecule has 1 saturated heterocycles. The van der Waals surface area contributed by atoms with Gasteiger partial charge in [0.15, 0.2) is 5.17 Å². The van der Waals surface area contributed by atoms with E-state index in [1.165, 1.54) is 35.9 Å². The minimum absolute atomic E-state index is 0.700. The highest BCUT2D eigenvalue weighted by molar-refractivity contribution is 8.13. The molecule has 4 nitrogen and oxygen atoms in total. The van der Waals surface area contributed by atoms with E-state index in [4.69, 9.17) is 4.99 Å². The first-order chi connectivity index (χ1) is 9.72. The molecule has 0 spiro atoms. The molecule has 1 aromatic heterocycles. The summed E-state index contributed by atoms with van der Waals surface area (Å²) in [7, 11) is 0. The first-order valence-electron chi connectivity index (χ1n) is 7.67. The molecule has 2 unspecified atom stereocenters. The monoisotopic (exact) mass is 292 g/mol. The molecule has 1 aliphatic carbocycles. The molecule has 110 valence electrons. The van der Waals surface area contributed by atoms with Crippen LogP contribution in [0.2, 0.25) is 0 Å². The summed E-state index contributed by atoms with van der Waals surface area (Å²) in [5.41, 5.74) is 2.35. The highest BCUT2D eigenvalue weighted by Crippen LogP contribution is 2.32. The van der Waals surface area contributed by atoms with E-state index >= 15 is 0 Å². The maximum absolute atomic E-state index is 4.72. The van der Waals surface area contributed by atoms with Gasteiger partial charge in [0.05, 0.1) is 5.69 Å². The van der Waals surface area contributed by atoms with Crippen LogP contribution in [-0.2, 0) is 6.54 Å². The zero-order chi connectivity index (χ0) is 13.9. The molecule has 2 atom stereocenters. The largest absolute Gasteiger partial charge is 0.362 e. The summed E-state index contributed by atoms with van der Waals surface area (Å²) in [6.45, 7) is 6.02. The SMILES string of the molecule is Cc1cc(C)n(CCCN=C2NC3CCCC3CS2)n1. The normalized spacial score (nSPS) is 27.6. The van der Waals surface area contributed by atoms with Crippen LogP contribution >= 0.6 is 11.8 Å². The fourth-order valence-corrected chi connectivity index (χ4v) is 4.39. The third-order valence-electron chi connectivity index (χ3n) is 4.29. The van der Waals surface area contributed by atoms with Crippen LogP contribution < -0.4 is 5.32 Å². The molecular weight excluding hydrogens is 268 g/mol. The summed E-state index contributed by atoms with van der Waals surface area (Å²) in [6.07, 6.45) is 5.17. The number of nitrogens with zero attached hydrogens (tertiary/aromatic N) is 3. The fraction of sp³-hybridized carbons (Fsp3) is 0.733. The summed E-state index contributed by atoms with van der Waals surface area (Å²) in [5, 5.41) is 9.27. The van der Waals surface area contributed by atoms with E-state index in [2.05, 4.69) is 28.1 Å². The number of rotatable bonds is 4. The van der Waals surface area contributed by atoms with Crippen molar-refractivity contribution >= 4 is 16.9 Å². The second kappa shape index (κ2) is 6.20. The van der Waals surface area contributed by atoms with E-state index in [1.54, 1.807) is 0 Å². The maximum Gasteiger partial charge on any atom is 0.156 e. The molecule has 0 bridgehead atoms. The van der Waals surface area contributed by atoms with Gasteiger partial charge >= 0.3 is 0 Å². The number of aliphatic imine (C=N–C) groups is 1. The lowest BCUT2D eigenvalue weighted by molar-refractivity contribution is 0.489. The number of amidine groups is 1. The van der Waals surface area contributed by atoms with Gasteiger partial charge in [-0.1, -0.05) is 18.2 Å². The smallest absolute Gasteiger partial charge is 0.156 e. The quantitative estimate of drug-likeness (QED) is 0.868. The van der Waals surface area contributed by atoms with E-state index in [-0.39, 0.29) is 0 Å². The first kappa shape index (κ1) is 14.0. The van der Waals surface area contributed by atoms with Gasteiger partial charge in [0.2, 0.25) is 0 Å². The Morgan fingerprint density at radius 1 is 1.45 bits per heavy atom. The van der Waals surface area contributed by atoms with Gasteiger partial charge in [0.25, 0.3) is 0 Å². The predicted molar refractivity (Wildman–Crippen MR) is 85.3 cm³/mol. The molecule has 1 aromatic rings. The number of hydrogen-bond donors (Lipinski definition) is 1. The zero-order valence-corrected chi connectivity index (χ0v) is 13.2.